The van der Waals surface area contributed by atoms with Crippen molar-refractivity contribution in [2.75, 3.05) is 31.1 Å². The number of fused-ring (bicyclic) bond motifs is 1. The van der Waals surface area contributed by atoms with Crippen LogP contribution in [0.2, 0.25) is 0 Å². The van der Waals surface area contributed by atoms with Gasteiger partial charge < -0.3 is 15.0 Å². The number of ether oxygens (including phenoxy) is 1. The Morgan fingerprint density at radius 3 is 2.71 bits per heavy atom. The van der Waals surface area contributed by atoms with Crippen LogP contribution in [0.3, 0.4) is 0 Å². The van der Waals surface area contributed by atoms with Crippen LogP contribution in [0.25, 0.3) is 0 Å². The number of hydrogen-bond acceptors (Lipinski definition) is 5. The van der Waals surface area contributed by atoms with Crippen molar-refractivity contribution in [3.05, 3.63) is 59.7 Å². The van der Waals surface area contributed by atoms with E-state index in [1.165, 1.54) is 6.07 Å². The van der Waals surface area contributed by atoms with Gasteiger partial charge in [0.25, 0.3) is 0 Å². The predicted octanol–water partition coefficient (Wildman–Crippen LogP) is 1.42. The molecule has 0 saturated heterocycles. The van der Waals surface area contributed by atoms with Gasteiger partial charge in [-0.25, -0.2) is 13.6 Å². The van der Waals surface area contributed by atoms with E-state index in [4.69, 9.17) is 9.88 Å². The van der Waals surface area contributed by atoms with Gasteiger partial charge in [-0.15, -0.1) is 0 Å². The molecule has 150 valence electrons. The van der Waals surface area contributed by atoms with Crippen LogP contribution in [0.4, 0.5) is 5.69 Å². The van der Waals surface area contributed by atoms with Gasteiger partial charge in [-0.05, 0) is 42.2 Å². The highest BCUT2D eigenvalue weighted by atomic mass is 32.2. The van der Waals surface area contributed by atoms with Crippen LogP contribution >= 0.6 is 0 Å². The SMILES string of the molecule is NS(=O)(=O)c1ccc2c(c1)CCN2CC(=O)NCCCOCc1ccccc1. The number of hydrogen-bond donors (Lipinski definition) is 2. The van der Waals surface area contributed by atoms with Gasteiger partial charge in [-0.2, -0.15) is 0 Å². The van der Waals surface area contributed by atoms with Crippen LogP contribution in [0, 0.1) is 0 Å². The van der Waals surface area contributed by atoms with Crippen LogP contribution in [0.15, 0.2) is 53.4 Å². The number of nitrogens with one attached hydrogen (secondary N) is 1. The molecule has 1 heterocycles. The van der Waals surface area contributed by atoms with Crippen molar-refractivity contribution in [2.45, 2.75) is 24.3 Å². The lowest BCUT2D eigenvalue weighted by atomic mass is 10.2. The Labute approximate surface area is 165 Å². The third kappa shape index (κ3) is 5.54. The van der Waals surface area contributed by atoms with E-state index < -0.39 is 10.0 Å². The zero-order valence-electron chi connectivity index (χ0n) is 15.6. The predicted molar refractivity (Wildman–Crippen MR) is 107 cm³/mol. The van der Waals surface area contributed by atoms with Gasteiger partial charge in [0.2, 0.25) is 15.9 Å². The molecule has 0 aliphatic carbocycles. The van der Waals surface area contributed by atoms with Crippen molar-refractivity contribution in [3.8, 4) is 0 Å². The molecule has 2 aromatic carbocycles. The van der Waals surface area contributed by atoms with Crippen LogP contribution in [-0.4, -0.2) is 40.6 Å². The van der Waals surface area contributed by atoms with Crippen LogP contribution in [0.5, 0.6) is 0 Å². The zero-order valence-corrected chi connectivity index (χ0v) is 16.5. The Bertz CT molecular complexity index is 916. The number of primary sulfonamides is 1. The summed E-state index contributed by atoms with van der Waals surface area (Å²) in [6.45, 7) is 2.63. The van der Waals surface area contributed by atoms with E-state index in [0.717, 1.165) is 23.2 Å². The maximum absolute atomic E-state index is 12.2. The maximum atomic E-state index is 12.2. The smallest absolute Gasteiger partial charge is 0.239 e. The molecule has 0 spiro atoms. The van der Waals surface area contributed by atoms with Crippen molar-refractivity contribution >= 4 is 21.6 Å². The first-order chi connectivity index (χ1) is 13.4. The summed E-state index contributed by atoms with van der Waals surface area (Å²) >= 11 is 0. The van der Waals surface area contributed by atoms with E-state index in [1.54, 1.807) is 12.1 Å². The minimum absolute atomic E-state index is 0.0635. The molecule has 0 saturated carbocycles. The lowest BCUT2D eigenvalue weighted by molar-refractivity contribution is -0.119. The first kappa shape index (κ1) is 20.3. The second kappa shape index (κ2) is 9.18. The van der Waals surface area contributed by atoms with Gasteiger partial charge in [0.15, 0.2) is 0 Å². The number of amides is 1. The largest absolute Gasteiger partial charge is 0.377 e. The van der Waals surface area contributed by atoms with Crippen molar-refractivity contribution < 1.29 is 17.9 Å². The summed E-state index contributed by atoms with van der Waals surface area (Å²) < 4.78 is 28.5. The first-order valence-corrected chi connectivity index (χ1v) is 10.8. The monoisotopic (exact) mass is 403 g/mol. The Hall–Kier alpha value is -2.42. The Kier molecular flexibility index (Phi) is 6.66. The lowest BCUT2D eigenvalue weighted by Crippen LogP contribution is -2.37. The fraction of sp³-hybridized carbons (Fsp3) is 0.350. The zero-order chi connectivity index (χ0) is 20.0. The van der Waals surface area contributed by atoms with E-state index in [0.29, 0.717) is 32.7 Å². The molecule has 28 heavy (non-hydrogen) atoms. The fourth-order valence-electron chi connectivity index (χ4n) is 3.18. The molecule has 0 fully saturated rings. The molecule has 2 aromatic rings. The highest BCUT2D eigenvalue weighted by Gasteiger charge is 2.22. The van der Waals surface area contributed by atoms with E-state index in [9.17, 15) is 13.2 Å². The van der Waals surface area contributed by atoms with E-state index in [1.807, 2.05) is 35.2 Å². The van der Waals surface area contributed by atoms with Crippen LogP contribution in [0.1, 0.15) is 17.5 Å². The highest BCUT2D eigenvalue weighted by Crippen LogP contribution is 2.29. The number of carbonyl (C=O) groups is 1. The molecule has 3 N–H and O–H groups in total. The van der Waals surface area contributed by atoms with Crippen molar-refractivity contribution in [1.29, 1.82) is 0 Å². The van der Waals surface area contributed by atoms with E-state index >= 15 is 0 Å². The number of anilines is 1. The normalized spacial score (nSPS) is 13.4. The highest BCUT2D eigenvalue weighted by molar-refractivity contribution is 7.89. The summed E-state index contributed by atoms with van der Waals surface area (Å²) in [5.41, 5.74) is 2.91. The summed E-state index contributed by atoms with van der Waals surface area (Å²) in [5, 5.41) is 8.07. The molecular formula is C20H25N3O4S. The second-order valence-corrected chi connectivity index (χ2v) is 8.31. The number of rotatable bonds is 9. The third-order valence-electron chi connectivity index (χ3n) is 4.60. The lowest BCUT2D eigenvalue weighted by Gasteiger charge is -2.19. The van der Waals surface area contributed by atoms with Gasteiger partial charge in [0.1, 0.15) is 0 Å². The summed E-state index contributed by atoms with van der Waals surface area (Å²) in [6.07, 6.45) is 1.44. The minimum atomic E-state index is -3.71. The summed E-state index contributed by atoms with van der Waals surface area (Å²) in [7, 11) is -3.71. The molecule has 1 aliphatic rings. The summed E-state index contributed by atoms with van der Waals surface area (Å²) in [4.78, 5) is 14.2. The maximum Gasteiger partial charge on any atom is 0.239 e. The molecule has 8 heteroatoms. The van der Waals surface area contributed by atoms with Crippen LogP contribution in [-0.2, 0) is 32.6 Å². The van der Waals surface area contributed by atoms with Gasteiger partial charge >= 0.3 is 0 Å². The van der Waals surface area contributed by atoms with Gasteiger partial charge in [-0.3, -0.25) is 4.79 Å². The van der Waals surface area contributed by atoms with Crippen LogP contribution < -0.4 is 15.4 Å². The second-order valence-electron chi connectivity index (χ2n) is 6.75. The summed E-state index contributed by atoms with van der Waals surface area (Å²) in [5.74, 6) is -0.0635. The quantitative estimate of drug-likeness (QED) is 0.617. The Morgan fingerprint density at radius 1 is 1.18 bits per heavy atom. The molecule has 3 rings (SSSR count). The molecule has 1 amide bonds. The molecule has 0 unspecified atom stereocenters. The van der Waals surface area contributed by atoms with Crippen molar-refractivity contribution in [1.82, 2.24) is 5.32 Å². The summed E-state index contributed by atoms with van der Waals surface area (Å²) in [6, 6.07) is 14.7. The number of benzene rings is 2. The Balaban J connectivity index is 1.38. The first-order valence-electron chi connectivity index (χ1n) is 9.22. The molecular weight excluding hydrogens is 378 g/mol. The van der Waals surface area contributed by atoms with Gasteiger partial charge in [0.05, 0.1) is 18.0 Å². The number of nitrogens with zero attached hydrogens (tertiary/aromatic N) is 1. The topological polar surface area (TPSA) is 102 Å². The van der Waals surface area contributed by atoms with Gasteiger partial charge in [0, 0.05) is 25.4 Å². The number of carbonyl (C=O) groups excluding carboxylic acids is 1. The fourth-order valence-corrected chi connectivity index (χ4v) is 3.75. The minimum Gasteiger partial charge on any atom is -0.377 e. The number of nitrogens with two attached hydrogens (primary N) is 1. The van der Waals surface area contributed by atoms with E-state index in [2.05, 4.69) is 5.32 Å². The van der Waals surface area contributed by atoms with Gasteiger partial charge in [-0.1, -0.05) is 30.3 Å². The standard InChI is InChI=1S/C20H25N3O4S/c21-28(25,26)18-7-8-19-17(13-18)9-11-23(19)14-20(24)22-10-4-12-27-15-16-5-2-1-3-6-16/h1-3,5-8,13H,4,9-12,14-15H2,(H,22,24)(H2,21,25,26). The van der Waals surface area contributed by atoms with E-state index in [-0.39, 0.29) is 17.3 Å². The Morgan fingerprint density at radius 2 is 1.96 bits per heavy atom. The van der Waals surface area contributed by atoms with Crippen molar-refractivity contribution in [3.63, 3.8) is 0 Å². The molecule has 7 nitrogen and oxygen atoms in total. The molecule has 0 radical (unpaired) electrons. The average molecular weight is 404 g/mol. The van der Waals surface area contributed by atoms with Crippen molar-refractivity contribution in [2.24, 2.45) is 5.14 Å². The average Bonchev–Trinajstić information content (AvgIpc) is 3.07. The molecule has 1 aliphatic heterocycles. The third-order valence-corrected chi connectivity index (χ3v) is 5.52. The molecule has 0 aromatic heterocycles. The molecule has 0 atom stereocenters. The number of sulfonamides is 1. The molecule has 0 bridgehead atoms.